The molecule has 0 saturated carbocycles. The smallest absolute Gasteiger partial charge is 0.226 e. The fourth-order valence-corrected chi connectivity index (χ4v) is 5.03. The maximum Gasteiger partial charge on any atom is 0.226 e. The SMILES string of the molecule is Cc1cccc(-c2cnc(-c3ccncc3)nc2C2CCN(C(=O)[C@@H]3CC=CCC3)CC2)c1. The van der Waals surface area contributed by atoms with Gasteiger partial charge in [0.05, 0.1) is 5.69 Å². The average molecular weight is 439 g/mol. The zero-order chi connectivity index (χ0) is 22.6. The molecule has 5 rings (SSSR count). The molecule has 0 spiro atoms. The van der Waals surface area contributed by atoms with Crippen LogP contribution in [0.1, 0.15) is 49.3 Å². The number of nitrogens with zero attached hydrogens (tertiary/aromatic N) is 4. The number of likely N-dealkylation sites (tertiary alicyclic amines) is 1. The van der Waals surface area contributed by atoms with Crippen LogP contribution in [0.2, 0.25) is 0 Å². The first-order valence-corrected chi connectivity index (χ1v) is 12.0. The molecule has 5 heteroatoms. The van der Waals surface area contributed by atoms with Crippen LogP contribution in [0.3, 0.4) is 0 Å². The van der Waals surface area contributed by atoms with Crippen molar-refractivity contribution < 1.29 is 4.79 Å². The second-order valence-corrected chi connectivity index (χ2v) is 9.18. The molecular formula is C28H30N4O. The minimum Gasteiger partial charge on any atom is -0.342 e. The van der Waals surface area contributed by atoms with E-state index >= 15 is 0 Å². The molecule has 3 heterocycles. The van der Waals surface area contributed by atoms with Gasteiger partial charge in [-0.05, 0) is 56.7 Å². The Hall–Kier alpha value is -3.34. The molecule has 1 saturated heterocycles. The highest BCUT2D eigenvalue weighted by Crippen LogP contribution is 2.36. The van der Waals surface area contributed by atoms with E-state index in [1.54, 1.807) is 12.4 Å². The Morgan fingerprint density at radius 3 is 2.55 bits per heavy atom. The highest BCUT2D eigenvalue weighted by Gasteiger charge is 2.30. The Morgan fingerprint density at radius 1 is 1.00 bits per heavy atom. The summed E-state index contributed by atoms with van der Waals surface area (Å²) in [6, 6.07) is 12.4. The van der Waals surface area contributed by atoms with E-state index in [9.17, 15) is 4.79 Å². The van der Waals surface area contributed by atoms with Crippen molar-refractivity contribution in [2.45, 2.75) is 44.9 Å². The van der Waals surface area contributed by atoms with Gasteiger partial charge in [0.25, 0.3) is 0 Å². The van der Waals surface area contributed by atoms with Crippen LogP contribution in [0.15, 0.2) is 67.1 Å². The van der Waals surface area contributed by atoms with Gasteiger partial charge in [0.15, 0.2) is 5.82 Å². The third-order valence-corrected chi connectivity index (χ3v) is 6.90. The van der Waals surface area contributed by atoms with Gasteiger partial charge in [0.1, 0.15) is 0 Å². The molecule has 1 aliphatic carbocycles. The molecule has 33 heavy (non-hydrogen) atoms. The lowest BCUT2D eigenvalue weighted by molar-refractivity contribution is -0.136. The molecule has 2 aliphatic rings. The zero-order valence-corrected chi connectivity index (χ0v) is 19.2. The molecule has 168 valence electrons. The van der Waals surface area contributed by atoms with Crippen LogP contribution in [-0.2, 0) is 4.79 Å². The van der Waals surface area contributed by atoms with Crippen LogP contribution in [-0.4, -0.2) is 38.8 Å². The summed E-state index contributed by atoms with van der Waals surface area (Å²) in [5, 5.41) is 0. The van der Waals surface area contributed by atoms with Gasteiger partial charge < -0.3 is 4.90 Å². The molecule has 0 unspecified atom stereocenters. The van der Waals surface area contributed by atoms with Crippen molar-refractivity contribution >= 4 is 5.91 Å². The normalized spacial score (nSPS) is 18.9. The highest BCUT2D eigenvalue weighted by molar-refractivity contribution is 5.79. The number of benzene rings is 1. The minimum absolute atomic E-state index is 0.159. The third-order valence-electron chi connectivity index (χ3n) is 6.90. The van der Waals surface area contributed by atoms with Gasteiger partial charge in [-0.25, -0.2) is 9.97 Å². The Bertz CT molecular complexity index is 1150. The van der Waals surface area contributed by atoms with E-state index in [2.05, 4.69) is 53.2 Å². The van der Waals surface area contributed by atoms with Gasteiger partial charge in [-0.2, -0.15) is 0 Å². The fourth-order valence-electron chi connectivity index (χ4n) is 5.03. The summed E-state index contributed by atoms with van der Waals surface area (Å²) in [5.41, 5.74) is 5.53. The number of hydrogen-bond donors (Lipinski definition) is 0. The summed E-state index contributed by atoms with van der Waals surface area (Å²) in [4.78, 5) is 29.0. The number of carbonyl (C=O) groups excluding carboxylic acids is 1. The second kappa shape index (κ2) is 9.65. The van der Waals surface area contributed by atoms with Crippen LogP contribution in [0.25, 0.3) is 22.5 Å². The van der Waals surface area contributed by atoms with Gasteiger partial charge in [-0.3, -0.25) is 9.78 Å². The topological polar surface area (TPSA) is 59.0 Å². The summed E-state index contributed by atoms with van der Waals surface area (Å²) in [5.74, 6) is 1.53. The van der Waals surface area contributed by atoms with E-state index < -0.39 is 0 Å². The summed E-state index contributed by atoms with van der Waals surface area (Å²) in [6.07, 6.45) is 14.6. The molecule has 0 radical (unpaired) electrons. The lowest BCUT2D eigenvalue weighted by Gasteiger charge is -2.35. The average Bonchev–Trinajstić information content (AvgIpc) is 2.89. The first-order chi connectivity index (χ1) is 16.2. The van der Waals surface area contributed by atoms with E-state index in [0.29, 0.717) is 11.8 Å². The van der Waals surface area contributed by atoms with Gasteiger partial charge in [-0.1, -0.05) is 42.0 Å². The number of amides is 1. The highest BCUT2D eigenvalue weighted by atomic mass is 16.2. The molecule has 3 aromatic rings. The van der Waals surface area contributed by atoms with Crippen molar-refractivity contribution in [3.63, 3.8) is 0 Å². The predicted octanol–water partition coefficient (Wildman–Crippen LogP) is 5.58. The Balaban J connectivity index is 1.42. The van der Waals surface area contributed by atoms with Crippen molar-refractivity contribution in [2.75, 3.05) is 13.1 Å². The number of rotatable bonds is 4. The molecule has 1 amide bonds. The summed E-state index contributed by atoms with van der Waals surface area (Å²) >= 11 is 0. The molecule has 2 aromatic heterocycles. The van der Waals surface area contributed by atoms with Crippen LogP contribution in [0.5, 0.6) is 0 Å². The number of allylic oxidation sites excluding steroid dienone is 2. The first kappa shape index (κ1) is 21.5. The largest absolute Gasteiger partial charge is 0.342 e. The molecule has 1 aliphatic heterocycles. The monoisotopic (exact) mass is 438 g/mol. The number of aryl methyl sites for hydroxylation is 1. The summed E-state index contributed by atoms with van der Waals surface area (Å²) in [6.45, 7) is 3.71. The van der Waals surface area contributed by atoms with Gasteiger partial charge in [-0.15, -0.1) is 0 Å². The molecule has 5 nitrogen and oxygen atoms in total. The fraction of sp³-hybridized carbons (Fsp3) is 0.357. The van der Waals surface area contributed by atoms with Gasteiger partial charge >= 0.3 is 0 Å². The maximum atomic E-state index is 13.0. The maximum absolute atomic E-state index is 13.0. The van der Waals surface area contributed by atoms with Crippen LogP contribution in [0.4, 0.5) is 0 Å². The van der Waals surface area contributed by atoms with E-state index in [0.717, 1.165) is 73.4 Å². The molecule has 1 fully saturated rings. The quantitative estimate of drug-likeness (QED) is 0.499. The predicted molar refractivity (Wildman–Crippen MR) is 130 cm³/mol. The molecule has 1 aromatic carbocycles. The number of pyridine rings is 1. The Labute approximate surface area is 195 Å². The van der Waals surface area contributed by atoms with Crippen molar-refractivity contribution in [1.29, 1.82) is 0 Å². The molecule has 1 atom stereocenters. The van der Waals surface area contributed by atoms with Crippen molar-refractivity contribution in [3.05, 3.63) is 78.4 Å². The first-order valence-electron chi connectivity index (χ1n) is 12.0. The number of aromatic nitrogens is 3. The Kier molecular flexibility index (Phi) is 6.29. The van der Waals surface area contributed by atoms with Crippen LogP contribution >= 0.6 is 0 Å². The van der Waals surface area contributed by atoms with E-state index in [4.69, 9.17) is 9.97 Å². The number of carbonyl (C=O) groups is 1. The summed E-state index contributed by atoms with van der Waals surface area (Å²) in [7, 11) is 0. The second-order valence-electron chi connectivity index (χ2n) is 9.18. The van der Waals surface area contributed by atoms with E-state index in [-0.39, 0.29) is 5.92 Å². The molecule has 0 N–H and O–H groups in total. The summed E-state index contributed by atoms with van der Waals surface area (Å²) < 4.78 is 0. The van der Waals surface area contributed by atoms with Gasteiger partial charge in [0, 0.05) is 54.6 Å². The molecular weight excluding hydrogens is 408 g/mol. The van der Waals surface area contributed by atoms with Crippen molar-refractivity contribution in [1.82, 2.24) is 19.9 Å². The van der Waals surface area contributed by atoms with E-state index in [1.807, 2.05) is 18.3 Å². The van der Waals surface area contributed by atoms with E-state index in [1.165, 1.54) is 5.56 Å². The van der Waals surface area contributed by atoms with Crippen LogP contribution < -0.4 is 0 Å². The van der Waals surface area contributed by atoms with Crippen LogP contribution in [0, 0.1) is 12.8 Å². The molecule has 0 bridgehead atoms. The number of piperidine rings is 1. The van der Waals surface area contributed by atoms with Crippen molar-refractivity contribution in [3.8, 4) is 22.5 Å². The number of hydrogen-bond acceptors (Lipinski definition) is 4. The minimum atomic E-state index is 0.159. The lowest BCUT2D eigenvalue weighted by atomic mass is 9.87. The third kappa shape index (κ3) is 4.72. The standard InChI is InChI=1S/C28H30N4O/c1-20-6-5-9-24(18-20)25-19-30-27(22-10-14-29-15-11-22)31-26(25)21-12-16-32(17-13-21)28(33)23-7-3-2-4-8-23/h2-3,5-6,9-11,14-15,18-19,21,23H,4,7-8,12-13,16-17H2,1H3/t23-/m1/s1. The van der Waals surface area contributed by atoms with Gasteiger partial charge in [0.2, 0.25) is 5.91 Å². The Morgan fingerprint density at radius 2 is 1.82 bits per heavy atom. The zero-order valence-electron chi connectivity index (χ0n) is 19.2. The lowest BCUT2D eigenvalue weighted by Crippen LogP contribution is -2.41. The van der Waals surface area contributed by atoms with Crippen molar-refractivity contribution in [2.24, 2.45) is 5.92 Å².